The van der Waals surface area contributed by atoms with Crippen molar-refractivity contribution >= 4 is 26.1 Å². The summed E-state index contributed by atoms with van der Waals surface area (Å²) >= 11 is 3.40. The monoisotopic (exact) mass is 340 g/mol. The molecule has 0 spiro atoms. The Morgan fingerprint density at radius 3 is 2.67 bits per heavy atom. The summed E-state index contributed by atoms with van der Waals surface area (Å²) in [6.45, 7) is 8.06. The lowest BCUT2D eigenvalue weighted by Gasteiger charge is -2.32. The fraction of sp³-hybridized carbons (Fsp3) is 1.00. The second-order valence-electron chi connectivity index (χ2n) is 6.03. The van der Waals surface area contributed by atoms with Crippen molar-refractivity contribution in [1.82, 2.24) is 9.03 Å². The van der Waals surface area contributed by atoms with E-state index in [2.05, 4.69) is 41.4 Å². The number of nitrogens with one attached hydrogen (secondary N) is 1. The van der Waals surface area contributed by atoms with Crippen molar-refractivity contribution < 1.29 is 8.42 Å². The molecule has 0 saturated carbocycles. The first kappa shape index (κ1) is 16.4. The van der Waals surface area contributed by atoms with Gasteiger partial charge in [0.1, 0.15) is 0 Å². The zero-order valence-corrected chi connectivity index (χ0v) is 14.0. The second-order valence-corrected chi connectivity index (χ2v) is 8.58. The van der Waals surface area contributed by atoms with Crippen LogP contribution in [0.15, 0.2) is 0 Å². The first-order chi connectivity index (χ1) is 8.27. The quantitative estimate of drug-likeness (QED) is 0.754. The second kappa shape index (κ2) is 6.68. The summed E-state index contributed by atoms with van der Waals surface area (Å²) in [6, 6.07) is 0. The topological polar surface area (TPSA) is 49.4 Å². The van der Waals surface area contributed by atoms with Gasteiger partial charge < -0.3 is 0 Å². The Morgan fingerprint density at radius 1 is 1.44 bits per heavy atom. The molecule has 6 heteroatoms. The third-order valence-electron chi connectivity index (χ3n) is 3.46. The number of nitrogens with zero attached hydrogens (tertiary/aromatic N) is 1. The van der Waals surface area contributed by atoms with Gasteiger partial charge in [0.05, 0.1) is 0 Å². The van der Waals surface area contributed by atoms with Crippen molar-refractivity contribution in [3.05, 3.63) is 0 Å². The van der Waals surface area contributed by atoms with Crippen LogP contribution >= 0.6 is 15.9 Å². The molecule has 1 N–H and O–H groups in total. The van der Waals surface area contributed by atoms with Gasteiger partial charge in [-0.05, 0) is 30.6 Å². The fourth-order valence-electron chi connectivity index (χ4n) is 2.09. The third kappa shape index (κ3) is 5.15. The van der Waals surface area contributed by atoms with E-state index >= 15 is 0 Å². The number of alkyl halides is 1. The minimum Gasteiger partial charge on any atom is -0.202 e. The number of rotatable bonds is 6. The molecule has 0 aromatic rings. The van der Waals surface area contributed by atoms with E-state index in [1.54, 1.807) is 4.31 Å². The van der Waals surface area contributed by atoms with Gasteiger partial charge in [0.15, 0.2) is 0 Å². The summed E-state index contributed by atoms with van der Waals surface area (Å²) in [5.41, 5.74) is -0.0159. The van der Waals surface area contributed by atoms with E-state index in [-0.39, 0.29) is 5.41 Å². The molecular weight excluding hydrogens is 316 g/mol. The smallest absolute Gasteiger partial charge is 0.202 e. The van der Waals surface area contributed by atoms with Crippen molar-refractivity contribution in [2.75, 3.05) is 25.0 Å². The molecule has 1 saturated heterocycles. The number of hydrogen-bond donors (Lipinski definition) is 1. The molecule has 0 bridgehead atoms. The lowest BCUT2D eigenvalue weighted by molar-refractivity contribution is 0.273. The van der Waals surface area contributed by atoms with Crippen molar-refractivity contribution in [3.63, 3.8) is 0 Å². The maximum atomic E-state index is 12.2. The van der Waals surface area contributed by atoms with E-state index in [0.29, 0.717) is 25.6 Å². The third-order valence-corrected chi connectivity index (χ3v) is 5.38. The van der Waals surface area contributed by atoms with E-state index in [4.69, 9.17) is 0 Å². The van der Waals surface area contributed by atoms with Gasteiger partial charge in [-0.3, -0.25) is 0 Å². The molecule has 1 fully saturated rings. The summed E-state index contributed by atoms with van der Waals surface area (Å²) in [4.78, 5) is 0. The van der Waals surface area contributed by atoms with Gasteiger partial charge in [0.25, 0.3) is 10.2 Å². The Kier molecular flexibility index (Phi) is 6.09. The van der Waals surface area contributed by atoms with Crippen LogP contribution in [-0.4, -0.2) is 37.7 Å². The standard InChI is InChI=1S/C12H25BrN2O2S/c1-11-5-4-8-15(9-11)18(16,17)14-10-12(2,3)6-7-13/h11,14H,4-10H2,1-3H3. The highest BCUT2D eigenvalue weighted by Gasteiger charge is 2.28. The molecular formula is C12H25BrN2O2S. The molecule has 18 heavy (non-hydrogen) atoms. The first-order valence-corrected chi connectivity index (χ1v) is 9.14. The van der Waals surface area contributed by atoms with Crippen LogP contribution in [0.1, 0.15) is 40.0 Å². The van der Waals surface area contributed by atoms with Crippen LogP contribution in [0.2, 0.25) is 0 Å². The zero-order valence-electron chi connectivity index (χ0n) is 11.6. The Balaban J connectivity index is 2.54. The molecule has 0 aliphatic carbocycles. The van der Waals surface area contributed by atoms with Crippen LogP contribution < -0.4 is 4.72 Å². The average molecular weight is 341 g/mol. The Bertz CT molecular complexity index is 357. The molecule has 1 rings (SSSR count). The molecule has 0 amide bonds. The largest absolute Gasteiger partial charge is 0.279 e. The minimum absolute atomic E-state index is 0.0159. The summed E-state index contributed by atoms with van der Waals surface area (Å²) in [6.07, 6.45) is 3.04. The minimum atomic E-state index is -3.30. The lowest BCUT2D eigenvalue weighted by Crippen LogP contribution is -2.47. The molecule has 1 atom stereocenters. The van der Waals surface area contributed by atoms with Crippen molar-refractivity contribution in [3.8, 4) is 0 Å². The molecule has 1 heterocycles. The van der Waals surface area contributed by atoms with Gasteiger partial charge in [-0.25, -0.2) is 4.72 Å². The molecule has 1 aliphatic rings. The predicted octanol–water partition coefficient (Wildman–Crippen LogP) is 2.36. The lowest BCUT2D eigenvalue weighted by atomic mass is 9.91. The molecule has 108 valence electrons. The molecule has 0 radical (unpaired) electrons. The highest BCUT2D eigenvalue weighted by Crippen LogP contribution is 2.22. The van der Waals surface area contributed by atoms with Crippen LogP contribution in [0, 0.1) is 11.3 Å². The van der Waals surface area contributed by atoms with Crippen molar-refractivity contribution in [1.29, 1.82) is 0 Å². The highest BCUT2D eigenvalue weighted by molar-refractivity contribution is 9.09. The van der Waals surface area contributed by atoms with E-state index in [1.165, 1.54) is 0 Å². The fourth-order valence-corrected chi connectivity index (χ4v) is 4.74. The summed E-state index contributed by atoms with van der Waals surface area (Å²) in [5, 5.41) is 0.891. The van der Waals surface area contributed by atoms with Crippen LogP contribution in [0.5, 0.6) is 0 Å². The Hall–Kier alpha value is 0.350. The predicted molar refractivity (Wildman–Crippen MR) is 79.1 cm³/mol. The number of piperidine rings is 1. The molecule has 1 aliphatic heterocycles. The molecule has 4 nitrogen and oxygen atoms in total. The van der Waals surface area contributed by atoms with Gasteiger partial charge in [0.2, 0.25) is 0 Å². The maximum absolute atomic E-state index is 12.2. The summed E-state index contributed by atoms with van der Waals surface area (Å²) in [5.74, 6) is 0.464. The Labute approximate surface area is 120 Å². The molecule has 0 aromatic heterocycles. The SMILES string of the molecule is CC1CCCN(S(=O)(=O)NCC(C)(C)CCBr)C1. The van der Waals surface area contributed by atoms with Gasteiger partial charge in [-0.2, -0.15) is 12.7 Å². The van der Waals surface area contributed by atoms with Crippen molar-refractivity contribution in [2.24, 2.45) is 11.3 Å². The Morgan fingerprint density at radius 2 is 2.11 bits per heavy atom. The molecule has 1 unspecified atom stereocenters. The molecule has 0 aromatic carbocycles. The normalized spacial score (nSPS) is 23.2. The van der Waals surface area contributed by atoms with E-state index in [9.17, 15) is 8.42 Å². The van der Waals surface area contributed by atoms with Gasteiger partial charge in [-0.1, -0.05) is 36.7 Å². The van der Waals surface area contributed by atoms with Gasteiger partial charge >= 0.3 is 0 Å². The summed E-state index contributed by atoms with van der Waals surface area (Å²) in [7, 11) is -3.30. The van der Waals surface area contributed by atoms with E-state index in [1.807, 2.05) is 0 Å². The van der Waals surface area contributed by atoms with Crippen molar-refractivity contribution in [2.45, 2.75) is 40.0 Å². The number of halogens is 1. The first-order valence-electron chi connectivity index (χ1n) is 6.57. The maximum Gasteiger partial charge on any atom is 0.279 e. The van der Waals surface area contributed by atoms with E-state index in [0.717, 1.165) is 24.6 Å². The van der Waals surface area contributed by atoms with Crippen LogP contribution in [-0.2, 0) is 10.2 Å². The van der Waals surface area contributed by atoms with Gasteiger partial charge in [0, 0.05) is 25.0 Å². The number of hydrogen-bond acceptors (Lipinski definition) is 2. The summed E-state index contributed by atoms with van der Waals surface area (Å²) < 4.78 is 28.7. The van der Waals surface area contributed by atoms with Crippen LogP contribution in [0.25, 0.3) is 0 Å². The van der Waals surface area contributed by atoms with E-state index < -0.39 is 10.2 Å². The van der Waals surface area contributed by atoms with Crippen LogP contribution in [0.3, 0.4) is 0 Å². The van der Waals surface area contributed by atoms with Crippen LogP contribution in [0.4, 0.5) is 0 Å². The average Bonchev–Trinajstić information content (AvgIpc) is 2.27. The highest BCUT2D eigenvalue weighted by atomic mass is 79.9. The zero-order chi connectivity index (χ0) is 13.8. The van der Waals surface area contributed by atoms with Gasteiger partial charge in [-0.15, -0.1) is 0 Å².